The monoisotopic (exact) mass is 489 g/mol. The second-order valence-electron chi connectivity index (χ2n) is 9.14. The molecular formula is C28H31N3O3S. The first-order chi connectivity index (χ1) is 17.1. The van der Waals surface area contributed by atoms with Gasteiger partial charge in [-0.15, -0.1) is 11.3 Å². The van der Waals surface area contributed by atoms with E-state index in [1.165, 1.54) is 21.6 Å². The third-order valence-corrected chi connectivity index (χ3v) is 7.97. The van der Waals surface area contributed by atoms with E-state index in [0.717, 1.165) is 13.0 Å². The summed E-state index contributed by atoms with van der Waals surface area (Å²) in [4.78, 5) is 33.3. The summed E-state index contributed by atoms with van der Waals surface area (Å²) in [6.45, 7) is 5.62. The largest absolute Gasteiger partial charge is 0.484 e. The van der Waals surface area contributed by atoms with Crippen LogP contribution in [0.15, 0.2) is 66.0 Å². The van der Waals surface area contributed by atoms with Crippen molar-refractivity contribution in [3.05, 3.63) is 87.6 Å². The fourth-order valence-electron chi connectivity index (χ4n) is 5.03. The highest BCUT2D eigenvalue weighted by molar-refractivity contribution is 7.10. The standard InChI is InChI=1S/C28H31N3O3S/c1-21-7-5-6-10-23(21)28-24-12-18-35-25(24)11-13-31(28)19-26(32)29-14-16-30(17-15-29)27(33)20-34-22-8-3-2-4-9-22/h2-10,12,18,28H,11,13-17,19-20H2,1H3. The van der Waals surface area contributed by atoms with Crippen LogP contribution in [0.5, 0.6) is 5.75 Å². The molecule has 0 bridgehead atoms. The molecule has 3 aromatic rings. The van der Waals surface area contributed by atoms with Gasteiger partial charge in [-0.3, -0.25) is 14.5 Å². The number of hydrogen-bond acceptors (Lipinski definition) is 5. The highest BCUT2D eigenvalue weighted by atomic mass is 32.1. The van der Waals surface area contributed by atoms with Crippen molar-refractivity contribution in [2.75, 3.05) is 45.9 Å². The molecule has 2 amide bonds. The Hall–Kier alpha value is -3.16. The number of amides is 2. The van der Waals surface area contributed by atoms with Gasteiger partial charge in [0, 0.05) is 37.6 Å². The Labute approximate surface area is 210 Å². The number of nitrogens with zero attached hydrogens (tertiary/aromatic N) is 3. The molecule has 7 heteroatoms. The van der Waals surface area contributed by atoms with Gasteiger partial charge in [-0.2, -0.15) is 0 Å². The second kappa shape index (κ2) is 10.6. The highest BCUT2D eigenvalue weighted by Gasteiger charge is 2.33. The molecule has 1 atom stereocenters. The van der Waals surface area contributed by atoms with Crippen LogP contribution in [0.1, 0.15) is 27.6 Å². The minimum absolute atomic E-state index is 0.0207. The first-order valence-electron chi connectivity index (χ1n) is 12.2. The number of benzene rings is 2. The molecule has 0 N–H and O–H groups in total. The lowest BCUT2D eigenvalue weighted by atomic mass is 9.90. The van der Waals surface area contributed by atoms with Crippen molar-refractivity contribution in [2.45, 2.75) is 19.4 Å². The molecule has 1 unspecified atom stereocenters. The highest BCUT2D eigenvalue weighted by Crippen LogP contribution is 2.38. The lowest BCUT2D eigenvalue weighted by Crippen LogP contribution is -2.54. The van der Waals surface area contributed by atoms with Gasteiger partial charge in [-0.25, -0.2) is 0 Å². The predicted molar refractivity (Wildman–Crippen MR) is 138 cm³/mol. The summed E-state index contributed by atoms with van der Waals surface area (Å²) in [5.41, 5.74) is 3.85. The number of piperazine rings is 1. The fourth-order valence-corrected chi connectivity index (χ4v) is 5.93. The van der Waals surface area contributed by atoms with Crippen LogP contribution in [-0.2, 0) is 16.0 Å². The first-order valence-corrected chi connectivity index (χ1v) is 13.1. The van der Waals surface area contributed by atoms with Gasteiger partial charge in [0.25, 0.3) is 5.91 Å². The number of carbonyl (C=O) groups is 2. The van der Waals surface area contributed by atoms with Gasteiger partial charge in [-0.05, 0) is 53.6 Å². The van der Waals surface area contributed by atoms with Crippen molar-refractivity contribution in [3.63, 3.8) is 0 Å². The molecule has 6 nitrogen and oxygen atoms in total. The van der Waals surface area contributed by atoms with E-state index in [1.54, 1.807) is 4.90 Å². The van der Waals surface area contributed by atoms with E-state index in [2.05, 4.69) is 47.5 Å². The fraction of sp³-hybridized carbons (Fsp3) is 0.357. The number of rotatable bonds is 6. The molecule has 0 aliphatic carbocycles. The molecule has 1 fully saturated rings. The van der Waals surface area contributed by atoms with E-state index < -0.39 is 0 Å². The van der Waals surface area contributed by atoms with Gasteiger partial charge in [0.15, 0.2) is 6.61 Å². The molecule has 2 aromatic carbocycles. The molecule has 5 rings (SSSR count). The molecule has 2 aliphatic heterocycles. The molecule has 35 heavy (non-hydrogen) atoms. The lowest BCUT2D eigenvalue weighted by molar-refractivity contribution is -0.141. The van der Waals surface area contributed by atoms with E-state index in [1.807, 2.05) is 46.6 Å². The summed E-state index contributed by atoms with van der Waals surface area (Å²) >= 11 is 1.81. The molecule has 182 valence electrons. The average molecular weight is 490 g/mol. The van der Waals surface area contributed by atoms with Crippen LogP contribution in [0, 0.1) is 6.92 Å². The third kappa shape index (κ3) is 5.26. The van der Waals surface area contributed by atoms with Gasteiger partial charge < -0.3 is 14.5 Å². The quantitative estimate of drug-likeness (QED) is 0.529. The van der Waals surface area contributed by atoms with E-state index in [0.29, 0.717) is 38.5 Å². The van der Waals surface area contributed by atoms with Gasteiger partial charge in [0.05, 0.1) is 12.6 Å². The topological polar surface area (TPSA) is 53.1 Å². The minimum Gasteiger partial charge on any atom is -0.484 e. The zero-order valence-electron chi connectivity index (χ0n) is 20.1. The number of fused-ring (bicyclic) bond motifs is 1. The van der Waals surface area contributed by atoms with Gasteiger partial charge in [0.1, 0.15) is 5.75 Å². The zero-order chi connectivity index (χ0) is 24.2. The molecule has 3 heterocycles. The summed E-state index contributed by atoms with van der Waals surface area (Å²) in [6, 6.07) is 20.2. The Bertz CT molecular complexity index is 1170. The van der Waals surface area contributed by atoms with Crippen LogP contribution in [-0.4, -0.2) is 72.4 Å². The number of aryl methyl sites for hydroxylation is 1. The SMILES string of the molecule is Cc1ccccc1C1c2ccsc2CCN1CC(=O)N1CCN(C(=O)COc2ccccc2)CC1. The molecule has 1 aromatic heterocycles. The average Bonchev–Trinajstić information content (AvgIpc) is 3.37. The van der Waals surface area contributed by atoms with Gasteiger partial charge in [-0.1, -0.05) is 42.5 Å². The normalized spacial score (nSPS) is 18.3. The molecular weight excluding hydrogens is 458 g/mol. The molecule has 2 aliphatic rings. The van der Waals surface area contributed by atoms with E-state index in [4.69, 9.17) is 4.74 Å². The molecule has 0 radical (unpaired) electrons. The van der Waals surface area contributed by atoms with Crippen molar-refractivity contribution in [1.82, 2.24) is 14.7 Å². The van der Waals surface area contributed by atoms with Crippen LogP contribution in [0.3, 0.4) is 0 Å². The van der Waals surface area contributed by atoms with E-state index >= 15 is 0 Å². The van der Waals surface area contributed by atoms with Crippen molar-refractivity contribution in [3.8, 4) is 5.75 Å². The summed E-state index contributed by atoms with van der Waals surface area (Å²) in [5, 5.41) is 2.17. The van der Waals surface area contributed by atoms with Gasteiger partial charge >= 0.3 is 0 Å². The number of hydrogen-bond donors (Lipinski definition) is 0. The first kappa shape index (κ1) is 23.6. The molecule has 0 saturated carbocycles. The minimum atomic E-state index is -0.0402. The second-order valence-corrected chi connectivity index (χ2v) is 10.1. The van der Waals surface area contributed by atoms with Crippen molar-refractivity contribution >= 4 is 23.2 Å². The Morgan fingerprint density at radius 1 is 0.857 bits per heavy atom. The van der Waals surface area contributed by atoms with Crippen LogP contribution in [0.25, 0.3) is 0 Å². The summed E-state index contributed by atoms with van der Waals surface area (Å²) < 4.78 is 5.60. The number of thiophene rings is 1. The molecule has 0 spiro atoms. The summed E-state index contributed by atoms with van der Waals surface area (Å²) in [7, 11) is 0. The Morgan fingerprint density at radius 3 is 2.29 bits per heavy atom. The Balaban J connectivity index is 1.19. The van der Waals surface area contributed by atoms with Crippen molar-refractivity contribution < 1.29 is 14.3 Å². The van der Waals surface area contributed by atoms with Crippen LogP contribution >= 0.6 is 11.3 Å². The predicted octanol–water partition coefficient (Wildman–Crippen LogP) is 3.75. The van der Waals surface area contributed by atoms with E-state index in [-0.39, 0.29) is 24.5 Å². The Kier molecular flexibility index (Phi) is 7.16. The van der Waals surface area contributed by atoms with Crippen LogP contribution < -0.4 is 4.74 Å². The maximum absolute atomic E-state index is 13.3. The third-order valence-electron chi connectivity index (χ3n) is 6.98. The van der Waals surface area contributed by atoms with Crippen LogP contribution in [0.4, 0.5) is 0 Å². The Morgan fingerprint density at radius 2 is 1.54 bits per heavy atom. The van der Waals surface area contributed by atoms with Gasteiger partial charge in [0.2, 0.25) is 5.91 Å². The smallest absolute Gasteiger partial charge is 0.260 e. The van der Waals surface area contributed by atoms with Crippen molar-refractivity contribution in [2.24, 2.45) is 0 Å². The maximum Gasteiger partial charge on any atom is 0.260 e. The number of para-hydroxylation sites is 1. The lowest BCUT2D eigenvalue weighted by Gasteiger charge is -2.39. The molecule has 1 saturated heterocycles. The zero-order valence-corrected chi connectivity index (χ0v) is 20.9. The van der Waals surface area contributed by atoms with E-state index in [9.17, 15) is 9.59 Å². The summed E-state index contributed by atoms with van der Waals surface area (Å²) in [6.07, 6.45) is 0.979. The van der Waals surface area contributed by atoms with Crippen molar-refractivity contribution in [1.29, 1.82) is 0 Å². The maximum atomic E-state index is 13.3. The number of ether oxygens (including phenoxy) is 1. The van der Waals surface area contributed by atoms with Crippen LogP contribution in [0.2, 0.25) is 0 Å². The summed E-state index contributed by atoms with van der Waals surface area (Å²) in [5.74, 6) is 0.782. The number of carbonyl (C=O) groups excluding carboxylic acids is 2.